The van der Waals surface area contributed by atoms with E-state index in [4.69, 9.17) is 0 Å². The zero-order chi connectivity index (χ0) is 19.5. The first kappa shape index (κ1) is 18.7. The molecule has 2 aliphatic rings. The molecule has 28 heavy (non-hydrogen) atoms. The minimum absolute atomic E-state index is 0.0453. The Labute approximate surface area is 165 Å². The Morgan fingerprint density at radius 1 is 1.25 bits per heavy atom. The van der Waals surface area contributed by atoms with Crippen molar-refractivity contribution in [3.8, 4) is 0 Å². The fourth-order valence-corrected chi connectivity index (χ4v) is 3.69. The fraction of sp³-hybridized carbons (Fsp3) is 0.364. The van der Waals surface area contributed by atoms with Gasteiger partial charge in [0, 0.05) is 35.6 Å². The highest BCUT2D eigenvalue weighted by Gasteiger charge is 2.21. The van der Waals surface area contributed by atoms with Crippen LogP contribution in [0.4, 0.5) is 17.5 Å². The predicted molar refractivity (Wildman–Crippen MR) is 113 cm³/mol. The van der Waals surface area contributed by atoms with E-state index < -0.39 is 6.10 Å². The molecule has 0 radical (unpaired) electrons. The summed E-state index contributed by atoms with van der Waals surface area (Å²) in [7, 11) is 0. The van der Waals surface area contributed by atoms with Crippen LogP contribution in [0.3, 0.4) is 0 Å². The lowest BCUT2D eigenvalue weighted by Crippen LogP contribution is -2.24. The van der Waals surface area contributed by atoms with Gasteiger partial charge >= 0.3 is 0 Å². The number of aromatic nitrogens is 2. The Hall–Kier alpha value is -2.70. The normalized spacial score (nSPS) is 19.5. The minimum Gasteiger partial charge on any atom is -0.393 e. The van der Waals surface area contributed by atoms with Crippen LogP contribution in [0.5, 0.6) is 0 Å². The molecule has 0 bridgehead atoms. The third kappa shape index (κ3) is 4.08. The molecular formula is C22H27N5O. The highest BCUT2D eigenvalue weighted by molar-refractivity contribution is 5.59. The van der Waals surface area contributed by atoms with Crippen molar-refractivity contribution in [3.05, 3.63) is 65.0 Å². The largest absolute Gasteiger partial charge is 0.393 e. The highest BCUT2D eigenvalue weighted by Crippen LogP contribution is 2.27. The molecule has 0 spiro atoms. The molecule has 0 saturated carbocycles. The van der Waals surface area contributed by atoms with Crippen LogP contribution in [0, 0.1) is 12.8 Å². The van der Waals surface area contributed by atoms with Gasteiger partial charge in [0.1, 0.15) is 5.82 Å². The molecule has 1 aliphatic carbocycles. The number of aryl methyl sites for hydroxylation is 1. The molecule has 0 amide bonds. The lowest BCUT2D eigenvalue weighted by atomic mass is 9.92. The predicted octanol–water partition coefficient (Wildman–Crippen LogP) is 3.43. The number of hydrogen-bond acceptors (Lipinski definition) is 6. The van der Waals surface area contributed by atoms with E-state index >= 15 is 0 Å². The lowest BCUT2D eigenvalue weighted by molar-refractivity contribution is 0.144. The first-order valence-corrected chi connectivity index (χ1v) is 9.85. The van der Waals surface area contributed by atoms with Crippen molar-refractivity contribution >= 4 is 17.5 Å². The summed E-state index contributed by atoms with van der Waals surface area (Å²) in [5.74, 6) is 1.35. The summed E-state index contributed by atoms with van der Waals surface area (Å²) in [6, 6.07) is 6.42. The van der Waals surface area contributed by atoms with Crippen LogP contribution >= 0.6 is 0 Å². The molecule has 0 saturated heterocycles. The first-order chi connectivity index (χ1) is 13.6. The van der Waals surface area contributed by atoms with Crippen LogP contribution in [0.1, 0.15) is 30.0 Å². The van der Waals surface area contributed by atoms with Gasteiger partial charge in [-0.15, -0.1) is 0 Å². The number of aliphatic hydroxyl groups excluding tert-OH is 1. The molecule has 4 rings (SSSR count). The minimum atomic E-state index is -0.424. The van der Waals surface area contributed by atoms with Crippen LogP contribution in [0.2, 0.25) is 0 Å². The molecule has 2 atom stereocenters. The summed E-state index contributed by atoms with van der Waals surface area (Å²) in [5.41, 5.74) is 5.64. The smallest absolute Gasteiger partial charge is 0.229 e. The number of fused-ring (bicyclic) bond motifs is 1. The van der Waals surface area contributed by atoms with Crippen molar-refractivity contribution in [1.29, 1.82) is 0 Å². The van der Waals surface area contributed by atoms with Crippen molar-refractivity contribution < 1.29 is 5.11 Å². The Balaban J connectivity index is 1.54. The summed E-state index contributed by atoms with van der Waals surface area (Å²) < 4.78 is 0. The molecule has 0 fully saturated rings. The average molecular weight is 377 g/mol. The maximum Gasteiger partial charge on any atom is 0.229 e. The third-order valence-corrected chi connectivity index (χ3v) is 5.37. The number of nitrogens with one attached hydrogen (secondary N) is 3. The van der Waals surface area contributed by atoms with Crippen LogP contribution < -0.4 is 16.0 Å². The van der Waals surface area contributed by atoms with Crippen molar-refractivity contribution in [2.75, 3.05) is 17.2 Å². The number of anilines is 3. The number of rotatable bonds is 5. The van der Waals surface area contributed by atoms with E-state index in [2.05, 4.69) is 50.2 Å². The van der Waals surface area contributed by atoms with E-state index in [1.54, 1.807) is 0 Å². The Bertz CT molecular complexity index is 919. The van der Waals surface area contributed by atoms with Gasteiger partial charge in [-0.1, -0.05) is 18.2 Å². The molecule has 1 aliphatic heterocycles. The van der Waals surface area contributed by atoms with Crippen LogP contribution in [-0.2, 0) is 13.0 Å². The monoisotopic (exact) mass is 377 g/mol. The van der Waals surface area contributed by atoms with Gasteiger partial charge in [0.05, 0.1) is 6.10 Å². The van der Waals surface area contributed by atoms with Crippen molar-refractivity contribution in [2.45, 2.75) is 39.3 Å². The number of allylic oxidation sites excluding steroid dienone is 3. The van der Waals surface area contributed by atoms with E-state index in [0.29, 0.717) is 5.95 Å². The second-order valence-corrected chi connectivity index (χ2v) is 7.52. The lowest BCUT2D eigenvalue weighted by Gasteiger charge is -2.25. The van der Waals surface area contributed by atoms with E-state index in [9.17, 15) is 5.11 Å². The van der Waals surface area contributed by atoms with Gasteiger partial charge in [-0.3, -0.25) is 0 Å². The molecule has 2 heterocycles. The number of benzene rings is 1. The maximum atomic E-state index is 10.1. The second-order valence-electron chi connectivity index (χ2n) is 7.52. The molecule has 146 valence electrons. The zero-order valence-electron chi connectivity index (χ0n) is 16.4. The summed E-state index contributed by atoms with van der Waals surface area (Å²) in [5, 5.41) is 20.2. The first-order valence-electron chi connectivity index (χ1n) is 9.85. The fourth-order valence-electron chi connectivity index (χ4n) is 3.69. The number of nitrogens with zero attached hydrogens (tertiary/aromatic N) is 2. The summed E-state index contributed by atoms with van der Waals surface area (Å²) in [6.45, 7) is 5.74. The molecule has 2 aromatic rings. The standard InChI is InChI=1S/C22H27N5O/c1-14-12-24-22(25-18-8-7-16-9-10-23-13-17(16)11-18)27-21(14)26-20-6-4-3-5-19(20)15(2)28/h3-4,6-8,11-12,15,19,23,28H,5,9-10,13H2,1-2H3,(H2,24,25,26,27)/t15-,19?/m1/s1. The van der Waals surface area contributed by atoms with Gasteiger partial charge in [-0.2, -0.15) is 4.98 Å². The quantitative estimate of drug-likeness (QED) is 0.639. The van der Waals surface area contributed by atoms with Gasteiger partial charge in [0.25, 0.3) is 0 Å². The summed E-state index contributed by atoms with van der Waals surface area (Å²) in [6.07, 6.45) is 9.37. The van der Waals surface area contributed by atoms with Gasteiger partial charge in [0.15, 0.2) is 0 Å². The summed E-state index contributed by atoms with van der Waals surface area (Å²) >= 11 is 0. The molecule has 4 N–H and O–H groups in total. The third-order valence-electron chi connectivity index (χ3n) is 5.37. The van der Waals surface area contributed by atoms with E-state index in [-0.39, 0.29) is 5.92 Å². The Kier molecular flexibility index (Phi) is 5.41. The van der Waals surface area contributed by atoms with E-state index in [1.807, 2.05) is 32.2 Å². The average Bonchev–Trinajstić information content (AvgIpc) is 2.71. The maximum absolute atomic E-state index is 10.1. The molecule has 1 aromatic heterocycles. The van der Waals surface area contributed by atoms with Gasteiger partial charge < -0.3 is 21.1 Å². The summed E-state index contributed by atoms with van der Waals surface area (Å²) in [4.78, 5) is 9.10. The Morgan fingerprint density at radius 3 is 3.00 bits per heavy atom. The molecule has 1 unspecified atom stereocenters. The SMILES string of the molecule is Cc1cnc(Nc2ccc3c(c2)CNCC3)nc1NC1=CC=CCC1[C@@H](C)O. The highest BCUT2D eigenvalue weighted by atomic mass is 16.3. The number of hydrogen-bond donors (Lipinski definition) is 4. The van der Waals surface area contributed by atoms with Gasteiger partial charge in [-0.05, 0) is 62.6 Å². The topological polar surface area (TPSA) is 82.1 Å². The van der Waals surface area contributed by atoms with Gasteiger partial charge in [0.2, 0.25) is 5.95 Å². The molecule has 6 nitrogen and oxygen atoms in total. The van der Waals surface area contributed by atoms with Crippen molar-refractivity contribution in [1.82, 2.24) is 15.3 Å². The molecule has 6 heteroatoms. The molecular weight excluding hydrogens is 350 g/mol. The van der Waals surface area contributed by atoms with Crippen molar-refractivity contribution in [3.63, 3.8) is 0 Å². The second kappa shape index (κ2) is 8.12. The van der Waals surface area contributed by atoms with Crippen LogP contribution in [0.15, 0.2) is 48.3 Å². The van der Waals surface area contributed by atoms with E-state index in [1.165, 1.54) is 11.1 Å². The van der Waals surface area contributed by atoms with Crippen molar-refractivity contribution in [2.24, 2.45) is 5.92 Å². The van der Waals surface area contributed by atoms with Gasteiger partial charge in [-0.25, -0.2) is 4.98 Å². The van der Waals surface area contributed by atoms with Crippen LogP contribution in [0.25, 0.3) is 0 Å². The van der Waals surface area contributed by atoms with Crippen LogP contribution in [-0.4, -0.2) is 27.7 Å². The zero-order valence-corrected chi connectivity index (χ0v) is 16.4. The van der Waals surface area contributed by atoms with E-state index in [0.717, 1.165) is 48.7 Å². The Morgan fingerprint density at radius 2 is 2.14 bits per heavy atom. The number of aliphatic hydroxyl groups is 1. The molecule has 1 aromatic carbocycles.